The third kappa shape index (κ3) is 2.67. The van der Waals surface area contributed by atoms with Gasteiger partial charge in [-0.2, -0.15) is 0 Å². The van der Waals surface area contributed by atoms with Crippen molar-refractivity contribution in [1.82, 2.24) is 9.55 Å². The van der Waals surface area contributed by atoms with Gasteiger partial charge in [0.25, 0.3) is 11.5 Å². The van der Waals surface area contributed by atoms with Gasteiger partial charge in [-0.15, -0.1) is 0 Å². The molecule has 1 aliphatic heterocycles. The summed E-state index contributed by atoms with van der Waals surface area (Å²) < 4.78 is 5.82. The maximum absolute atomic E-state index is 11.8. The Labute approximate surface area is 122 Å². The van der Waals surface area contributed by atoms with Crippen LogP contribution in [0.15, 0.2) is 15.8 Å². The van der Waals surface area contributed by atoms with Crippen molar-refractivity contribution < 1.29 is 30.0 Å². The molecule has 0 aromatic carbocycles. The Morgan fingerprint density at radius 3 is 2.55 bits per heavy atom. The molecule has 7 N–H and O–H groups in total. The Balaban J connectivity index is 2.48. The molecule has 122 valence electrons. The highest BCUT2D eigenvalue weighted by molar-refractivity contribution is 5.79. The first kappa shape index (κ1) is 16.3. The van der Waals surface area contributed by atoms with Crippen LogP contribution < -0.4 is 17.0 Å². The molecule has 0 aliphatic carbocycles. The Hall–Kier alpha value is -2.05. The highest BCUT2D eigenvalue weighted by Gasteiger charge is 2.44. The summed E-state index contributed by atoms with van der Waals surface area (Å²) in [5.41, 5.74) is 2.34. The summed E-state index contributed by atoms with van der Waals surface area (Å²) in [4.78, 5) is 36.2. The lowest BCUT2D eigenvalue weighted by Crippen LogP contribution is -2.40. The van der Waals surface area contributed by atoms with Crippen LogP contribution in [0.1, 0.15) is 17.9 Å². The minimum absolute atomic E-state index is 0.523. The van der Waals surface area contributed by atoms with Crippen molar-refractivity contribution in [2.45, 2.75) is 30.6 Å². The van der Waals surface area contributed by atoms with Crippen LogP contribution in [-0.4, -0.2) is 60.8 Å². The van der Waals surface area contributed by atoms with Crippen LogP contribution >= 0.6 is 0 Å². The van der Waals surface area contributed by atoms with Crippen molar-refractivity contribution >= 4 is 5.91 Å². The third-order valence-corrected chi connectivity index (χ3v) is 3.35. The summed E-state index contributed by atoms with van der Waals surface area (Å²) in [7, 11) is 0. The van der Waals surface area contributed by atoms with E-state index < -0.39 is 60.0 Å². The van der Waals surface area contributed by atoms with Gasteiger partial charge in [0.15, 0.2) is 12.3 Å². The molecule has 0 radical (unpaired) electrons. The molecule has 1 aromatic heterocycles. The lowest BCUT2D eigenvalue weighted by atomic mass is 10.1. The van der Waals surface area contributed by atoms with Crippen molar-refractivity contribution in [2.24, 2.45) is 5.73 Å². The number of H-pyrrole nitrogens is 1. The van der Waals surface area contributed by atoms with E-state index in [1.54, 1.807) is 0 Å². The van der Waals surface area contributed by atoms with Crippen molar-refractivity contribution in [1.29, 1.82) is 0 Å². The zero-order valence-electron chi connectivity index (χ0n) is 11.1. The molecule has 1 amide bonds. The number of aromatic amines is 1. The largest absolute Gasteiger partial charge is 0.394 e. The monoisotopic (exact) mass is 317 g/mol. The van der Waals surface area contributed by atoms with E-state index >= 15 is 0 Å². The van der Waals surface area contributed by atoms with Crippen molar-refractivity contribution in [2.75, 3.05) is 6.61 Å². The summed E-state index contributed by atoms with van der Waals surface area (Å²) in [6.07, 6.45) is -6.75. The van der Waals surface area contributed by atoms with Crippen molar-refractivity contribution in [3.05, 3.63) is 32.6 Å². The first-order valence-electron chi connectivity index (χ1n) is 6.23. The summed E-state index contributed by atoms with van der Waals surface area (Å²) in [5.74, 6) is -1.21. The number of carbonyl (C=O) groups excluding carboxylic acids is 1. The maximum Gasteiger partial charge on any atom is 0.330 e. The molecule has 11 nitrogen and oxygen atoms in total. The van der Waals surface area contributed by atoms with Gasteiger partial charge in [-0.25, -0.2) is 4.79 Å². The topological polar surface area (TPSA) is 188 Å². The van der Waals surface area contributed by atoms with E-state index in [2.05, 4.69) is 0 Å². The zero-order valence-corrected chi connectivity index (χ0v) is 11.1. The number of aliphatic hydroxyl groups is 4. The Morgan fingerprint density at radius 1 is 1.41 bits per heavy atom. The molecule has 0 bridgehead atoms. The molecule has 2 rings (SSSR count). The molecule has 1 aromatic rings. The first-order chi connectivity index (χ1) is 10.3. The molecule has 11 heteroatoms. The normalized spacial score (nSPS) is 29.5. The zero-order chi connectivity index (χ0) is 16.6. The SMILES string of the molecule is NC(=O)C(O)c1cn([C@@H]2O[C@H](CO)[C@@H](O)[C@H]2O)c(=O)[nH]c1=O. The van der Waals surface area contributed by atoms with Gasteiger partial charge in [0, 0.05) is 6.20 Å². The number of amides is 1. The van der Waals surface area contributed by atoms with Gasteiger partial charge in [-0.1, -0.05) is 0 Å². The number of aromatic nitrogens is 2. The van der Waals surface area contributed by atoms with E-state index in [-0.39, 0.29) is 0 Å². The minimum atomic E-state index is -1.97. The third-order valence-electron chi connectivity index (χ3n) is 3.35. The predicted octanol–water partition coefficient (Wildman–Crippen LogP) is -4.33. The quantitative estimate of drug-likeness (QED) is 0.321. The van der Waals surface area contributed by atoms with Crippen LogP contribution in [-0.2, 0) is 9.53 Å². The predicted molar refractivity (Wildman–Crippen MR) is 68.5 cm³/mol. The average Bonchev–Trinajstić information content (AvgIpc) is 2.74. The summed E-state index contributed by atoms with van der Waals surface area (Å²) in [6, 6.07) is 0. The Morgan fingerprint density at radius 2 is 2.05 bits per heavy atom. The fourth-order valence-corrected chi connectivity index (χ4v) is 2.15. The van der Waals surface area contributed by atoms with Crippen LogP contribution in [0, 0.1) is 0 Å². The number of ether oxygens (including phenoxy) is 1. The van der Waals surface area contributed by atoms with Crippen molar-refractivity contribution in [3.8, 4) is 0 Å². The fraction of sp³-hybridized carbons (Fsp3) is 0.545. The second-order valence-electron chi connectivity index (χ2n) is 4.78. The second kappa shape index (κ2) is 5.98. The number of hydrogen-bond acceptors (Lipinski definition) is 8. The molecular weight excluding hydrogens is 302 g/mol. The highest BCUT2D eigenvalue weighted by atomic mass is 16.6. The number of hydrogen-bond donors (Lipinski definition) is 6. The van der Waals surface area contributed by atoms with E-state index in [0.29, 0.717) is 4.57 Å². The van der Waals surface area contributed by atoms with Gasteiger partial charge >= 0.3 is 5.69 Å². The van der Waals surface area contributed by atoms with Gasteiger partial charge in [-0.05, 0) is 0 Å². The molecule has 1 aliphatic rings. The molecule has 0 saturated carbocycles. The van der Waals surface area contributed by atoms with Crippen LogP contribution in [0.2, 0.25) is 0 Å². The average molecular weight is 317 g/mol. The number of nitrogens with one attached hydrogen (secondary N) is 1. The summed E-state index contributed by atoms with van der Waals surface area (Å²) in [5, 5.41) is 38.1. The van der Waals surface area contributed by atoms with E-state index in [1.807, 2.05) is 4.98 Å². The number of rotatable bonds is 4. The summed E-state index contributed by atoms with van der Waals surface area (Å²) in [6.45, 7) is -0.608. The van der Waals surface area contributed by atoms with E-state index in [1.165, 1.54) is 0 Å². The van der Waals surface area contributed by atoms with Crippen LogP contribution in [0.4, 0.5) is 0 Å². The molecular formula is C11H15N3O8. The molecule has 2 heterocycles. The van der Waals surface area contributed by atoms with E-state index in [0.717, 1.165) is 6.20 Å². The van der Waals surface area contributed by atoms with Gasteiger partial charge in [0.1, 0.15) is 18.3 Å². The Kier molecular flexibility index (Phi) is 4.44. The molecule has 5 atom stereocenters. The van der Waals surface area contributed by atoms with Gasteiger partial charge in [0.2, 0.25) is 0 Å². The number of nitrogens with two attached hydrogens (primary N) is 1. The van der Waals surface area contributed by atoms with Gasteiger partial charge in [-0.3, -0.25) is 19.1 Å². The fourth-order valence-electron chi connectivity index (χ4n) is 2.15. The van der Waals surface area contributed by atoms with E-state index in [4.69, 9.17) is 15.6 Å². The van der Waals surface area contributed by atoms with Crippen LogP contribution in [0.3, 0.4) is 0 Å². The molecule has 1 unspecified atom stereocenters. The maximum atomic E-state index is 11.8. The number of primary amides is 1. The molecule has 1 fully saturated rings. The standard InChI is InChI=1S/C11H15N3O8/c12-8(19)5(16)3-1-14(11(21)13-9(3)20)10-7(18)6(17)4(2-15)22-10/h1,4-7,10,15-18H,2H2,(H2,12,19)(H,13,20,21)/t4-,5?,6-,7-,10-/m1/s1. The molecule has 0 spiro atoms. The lowest BCUT2D eigenvalue weighted by Gasteiger charge is -2.18. The second-order valence-corrected chi connectivity index (χ2v) is 4.78. The van der Waals surface area contributed by atoms with Gasteiger partial charge in [0.05, 0.1) is 12.2 Å². The highest BCUT2D eigenvalue weighted by Crippen LogP contribution is 2.28. The Bertz CT molecular complexity index is 683. The molecule has 1 saturated heterocycles. The summed E-state index contributed by atoms with van der Waals surface area (Å²) >= 11 is 0. The molecule has 22 heavy (non-hydrogen) atoms. The lowest BCUT2D eigenvalue weighted by molar-refractivity contribution is -0.126. The minimum Gasteiger partial charge on any atom is -0.394 e. The number of nitrogens with zero attached hydrogens (tertiary/aromatic N) is 1. The van der Waals surface area contributed by atoms with E-state index in [9.17, 15) is 29.7 Å². The van der Waals surface area contributed by atoms with Crippen molar-refractivity contribution in [3.63, 3.8) is 0 Å². The van der Waals surface area contributed by atoms with Crippen LogP contribution in [0.25, 0.3) is 0 Å². The number of aliphatic hydroxyl groups excluding tert-OH is 4. The number of carbonyl (C=O) groups is 1. The van der Waals surface area contributed by atoms with Crippen LogP contribution in [0.5, 0.6) is 0 Å². The van der Waals surface area contributed by atoms with Gasteiger partial charge < -0.3 is 30.9 Å². The first-order valence-corrected chi connectivity index (χ1v) is 6.23. The smallest absolute Gasteiger partial charge is 0.330 e.